The van der Waals surface area contributed by atoms with Gasteiger partial charge in [0.05, 0.1) is 0 Å². The number of nitrogens with zero attached hydrogens (tertiary/aromatic N) is 1. The van der Waals surface area contributed by atoms with Gasteiger partial charge in [0.1, 0.15) is 5.60 Å². The number of piperidine rings is 1. The Balaban J connectivity index is 1.63. The number of benzene rings is 1. The minimum atomic E-state index is -0.557. The molecule has 7 nitrogen and oxygen atoms in total. The third kappa shape index (κ3) is 9.24. The number of nitrogens with one attached hydrogen (secondary N) is 2. The molecule has 1 fully saturated rings. The van der Waals surface area contributed by atoms with Crippen LogP contribution >= 0.6 is 0 Å². The highest BCUT2D eigenvalue weighted by atomic mass is 16.6. The monoisotopic (exact) mass is 429 g/mol. The van der Waals surface area contributed by atoms with Crippen molar-refractivity contribution in [3.05, 3.63) is 41.5 Å². The van der Waals surface area contributed by atoms with Crippen molar-refractivity contribution in [3.63, 3.8) is 0 Å². The summed E-state index contributed by atoms with van der Waals surface area (Å²) in [7, 11) is 0. The maximum atomic E-state index is 12.4. The summed E-state index contributed by atoms with van der Waals surface area (Å²) in [6.45, 7) is 9.61. The normalized spacial score (nSPS) is 15.0. The lowest BCUT2D eigenvalue weighted by atomic mass is 9.96. The fraction of sp³-hybridized carbons (Fsp3) is 0.542. The lowest BCUT2D eigenvalue weighted by Crippen LogP contribution is -2.41. The Morgan fingerprint density at radius 3 is 2.45 bits per heavy atom. The lowest BCUT2D eigenvalue weighted by Gasteiger charge is -2.31. The van der Waals surface area contributed by atoms with Crippen molar-refractivity contribution in [2.45, 2.75) is 52.6 Å². The molecule has 0 bridgehead atoms. The number of alkyl carbamates (subject to hydrolysis) is 1. The van der Waals surface area contributed by atoms with Crippen molar-refractivity contribution in [2.24, 2.45) is 5.92 Å². The number of aryl methyl sites for hydroxylation is 1. The average Bonchev–Trinajstić information content (AvgIpc) is 2.70. The van der Waals surface area contributed by atoms with Crippen LogP contribution in [0, 0.1) is 12.8 Å². The number of rotatable bonds is 7. The molecule has 0 aromatic heterocycles. The second kappa shape index (κ2) is 11.5. The molecule has 1 aromatic carbocycles. The van der Waals surface area contributed by atoms with E-state index in [0.717, 1.165) is 24.0 Å². The van der Waals surface area contributed by atoms with Crippen LogP contribution in [-0.2, 0) is 14.3 Å². The van der Waals surface area contributed by atoms with E-state index in [0.29, 0.717) is 25.6 Å². The molecule has 0 aliphatic carbocycles. The molecular formula is C24H35N3O4. The van der Waals surface area contributed by atoms with Crippen LogP contribution < -0.4 is 10.6 Å². The van der Waals surface area contributed by atoms with E-state index in [4.69, 9.17) is 4.74 Å². The van der Waals surface area contributed by atoms with Gasteiger partial charge in [-0.05, 0) is 63.7 Å². The van der Waals surface area contributed by atoms with Crippen LogP contribution in [0.3, 0.4) is 0 Å². The molecule has 1 saturated heterocycles. The van der Waals surface area contributed by atoms with Crippen molar-refractivity contribution in [1.82, 2.24) is 15.5 Å². The Morgan fingerprint density at radius 2 is 1.81 bits per heavy atom. The number of carbonyl (C=O) groups excluding carboxylic acids is 3. The predicted octanol–water partition coefficient (Wildman–Crippen LogP) is 3.28. The molecule has 31 heavy (non-hydrogen) atoms. The fourth-order valence-corrected chi connectivity index (χ4v) is 3.34. The molecule has 0 atom stereocenters. The maximum Gasteiger partial charge on any atom is 0.407 e. The second-order valence-corrected chi connectivity index (χ2v) is 8.94. The zero-order chi connectivity index (χ0) is 22.9. The van der Waals surface area contributed by atoms with Gasteiger partial charge in [-0.2, -0.15) is 0 Å². The highest BCUT2D eigenvalue weighted by Gasteiger charge is 2.22. The zero-order valence-corrected chi connectivity index (χ0v) is 19.1. The van der Waals surface area contributed by atoms with Crippen LogP contribution in [0.15, 0.2) is 30.3 Å². The molecule has 1 aliphatic rings. The summed E-state index contributed by atoms with van der Waals surface area (Å²) in [6, 6.07) is 7.97. The summed E-state index contributed by atoms with van der Waals surface area (Å²) >= 11 is 0. The fourth-order valence-electron chi connectivity index (χ4n) is 3.34. The van der Waals surface area contributed by atoms with Gasteiger partial charge >= 0.3 is 6.09 Å². The van der Waals surface area contributed by atoms with Crippen molar-refractivity contribution in [2.75, 3.05) is 26.2 Å². The highest BCUT2D eigenvalue weighted by Crippen LogP contribution is 2.17. The van der Waals surface area contributed by atoms with Crippen LogP contribution in [0.4, 0.5) is 4.79 Å². The number of hydrogen-bond donors (Lipinski definition) is 2. The zero-order valence-electron chi connectivity index (χ0n) is 19.1. The van der Waals surface area contributed by atoms with E-state index >= 15 is 0 Å². The van der Waals surface area contributed by atoms with E-state index in [1.54, 1.807) is 26.8 Å². The molecular weight excluding hydrogens is 394 g/mol. The van der Waals surface area contributed by atoms with E-state index in [9.17, 15) is 14.4 Å². The first-order chi connectivity index (χ1) is 14.6. The van der Waals surface area contributed by atoms with Gasteiger partial charge in [-0.1, -0.05) is 24.3 Å². The summed E-state index contributed by atoms with van der Waals surface area (Å²) in [5, 5.41) is 5.50. The Hall–Kier alpha value is -2.83. The Labute approximate surface area is 185 Å². The quantitative estimate of drug-likeness (QED) is 0.651. The molecule has 2 rings (SSSR count). The highest BCUT2D eigenvalue weighted by molar-refractivity contribution is 5.92. The van der Waals surface area contributed by atoms with Gasteiger partial charge in [0.15, 0.2) is 0 Å². The molecule has 0 saturated carbocycles. The van der Waals surface area contributed by atoms with Crippen LogP contribution in [-0.4, -0.2) is 54.6 Å². The summed E-state index contributed by atoms with van der Waals surface area (Å²) < 4.78 is 5.13. The largest absolute Gasteiger partial charge is 0.444 e. The Morgan fingerprint density at radius 1 is 1.13 bits per heavy atom. The van der Waals surface area contributed by atoms with Crippen molar-refractivity contribution in [3.8, 4) is 0 Å². The predicted molar refractivity (Wildman–Crippen MR) is 121 cm³/mol. The minimum Gasteiger partial charge on any atom is -0.444 e. The Kier molecular flexibility index (Phi) is 9.09. The van der Waals surface area contributed by atoms with Gasteiger partial charge in [0, 0.05) is 38.7 Å². The van der Waals surface area contributed by atoms with Gasteiger partial charge < -0.3 is 20.3 Å². The van der Waals surface area contributed by atoms with E-state index in [1.807, 2.05) is 42.2 Å². The topological polar surface area (TPSA) is 87.7 Å². The molecule has 0 unspecified atom stereocenters. The molecule has 2 N–H and O–H groups in total. The van der Waals surface area contributed by atoms with Crippen LogP contribution in [0.5, 0.6) is 0 Å². The van der Waals surface area contributed by atoms with E-state index in [-0.39, 0.29) is 24.8 Å². The maximum absolute atomic E-state index is 12.4. The van der Waals surface area contributed by atoms with E-state index in [1.165, 1.54) is 0 Å². The molecule has 170 valence electrons. The first-order valence-corrected chi connectivity index (χ1v) is 10.9. The number of hydrogen-bond acceptors (Lipinski definition) is 4. The minimum absolute atomic E-state index is 0.0268. The van der Waals surface area contributed by atoms with Gasteiger partial charge in [-0.15, -0.1) is 0 Å². The Bertz CT molecular complexity index is 790. The van der Waals surface area contributed by atoms with Crippen molar-refractivity contribution >= 4 is 24.0 Å². The van der Waals surface area contributed by atoms with E-state index < -0.39 is 11.7 Å². The third-order valence-electron chi connectivity index (χ3n) is 5.13. The van der Waals surface area contributed by atoms with E-state index in [2.05, 4.69) is 10.6 Å². The van der Waals surface area contributed by atoms with Crippen LogP contribution in [0.1, 0.15) is 51.2 Å². The molecule has 7 heteroatoms. The van der Waals surface area contributed by atoms with Gasteiger partial charge in [0.25, 0.3) is 0 Å². The smallest absolute Gasteiger partial charge is 0.407 e. The van der Waals surface area contributed by atoms with Crippen LogP contribution in [0.25, 0.3) is 6.08 Å². The third-order valence-corrected chi connectivity index (χ3v) is 5.13. The number of likely N-dealkylation sites (tertiary alicyclic amines) is 1. The standard InChI is InChI=1S/C24H35N3O4/c1-18-7-5-6-8-20(18)9-10-22(29)27-15-12-19(13-16-27)17-26-21(28)11-14-25-23(30)31-24(2,3)4/h5-10,19H,11-17H2,1-4H3,(H,25,30)(H,26,28)/b10-9+. The van der Waals surface area contributed by atoms with Crippen molar-refractivity contribution in [1.29, 1.82) is 0 Å². The summed E-state index contributed by atoms with van der Waals surface area (Å²) in [5.74, 6) is 0.279. The van der Waals surface area contributed by atoms with Crippen molar-refractivity contribution < 1.29 is 19.1 Å². The number of amides is 3. The van der Waals surface area contributed by atoms with Crippen LogP contribution in [0.2, 0.25) is 0 Å². The molecule has 1 heterocycles. The summed E-state index contributed by atoms with van der Waals surface area (Å²) in [6.07, 6.45) is 4.92. The SMILES string of the molecule is Cc1ccccc1/C=C/C(=O)N1CCC(CNC(=O)CCNC(=O)OC(C)(C)C)CC1. The van der Waals surface area contributed by atoms with Gasteiger partial charge in [-0.3, -0.25) is 9.59 Å². The summed E-state index contributed by atoms with van der Waals surface area (Å²) in [5.41, 5.74) is 1.63. The van der Waals surface area contributed by atoms with Gasteiger partial charge in [-0.25, -0.2) is 4.79 Å². The van der Waals surface area contributed by atoms with Gasteiger partial charge in [0.2, 0.25) is 11.8 Å². The molecule has 1 aliphatic heterocycles. The average molecular weight is 430 g/mol. The summed E-state index contributed by atoms with van der Waals surface area (Å²) in [4.78, 5) is 37.9. The molecule has 1 aromatic rings. The lowest BCUT2D eigenvalue weighted by molar-refractivity contribution is -0.127. The number of carbonyl (C=O) groups is 3. The molecule has 3 amide bonds. The second-order valence-electron chi connectivity index (χ2n) is 8.94. The first kappa shape index (κ1) is 24.4. The molecule has 0 radical (unpaired) electrons. The first-order valence-electron chi connectivity index (χ1n) is 10.9. The molecule has 0 spiro atoms. The number of ether oxygens (including phenoxy) is 1.